The second kappa shape index (κ2) is 5.82. The van der Waals surface area contributed by atoms with Crippen LogP contribution < -0.4 is 4.74 Å². The lowest BCUT2D eigenvalue weighted by Crippen LogP contribution is -1.90. The number of aromatic nitrogens is 1. The molecule has 0 saturated heterocycles. The molecular formula is C14H17NOS. The van der Waals surface area contributed by atoms with Crippen LogP contribution in [0, 0.1) is 0 Å². The number of thiazole rings is 1. The quantitative estimate of drug-likeness (QED) is 0.804. The average Bonchev–Trinajstić information content (AvgIpc) is 2.78. The van der Waals surface area contributed by atoms with Crippen LogP contribution in [-0.4, -0.2) is 12.1 Å². The number of rotatable bonds is 5. The van der Waals surface area contributed by atoms with Crippen LogP contribution in [0.2, 0.25) is 0 Å². The van der Waals surface area contributed by atoms with Crippen LogP contribution in [0.25, 0.3) is 0 Å². The molecule has 0 fully saturated rings. The first-order valence-electron chi connectivity index (χ1n) is 5.88. The summed E-state index contributed by atoms with van der Waals surface area (Å²) < 4.78 is 5.14. The van der Waals surface area contributed by atoms with Gasteiger partial charge in [-0.15, -0.1) is 11.3 Å². The number of aryl methyl sites for hydroxylation is 1. The van der Waals surface area contributed by atoms with Gasteiger partial charge in [0.2, 0.25) is 0 Å². The molecule has 0 aliphatic heterocycles. The minimum Gasteiger partial charge on any atom is -0.497 e. The lowest BCUT2D eigenvalue weighted by atomic mass is 10.1. The first-order chi connectivity index (χ1) is 8.31. The van der Waals surface area contributed by atoms with E-state index in [9.17, 15) is 0 Å². The molecule has 0 saturated carbocycles. The van der Waals surface area contributed by atoms with Crippen molar-refractivity contribution in [3.8, 4) is 5.75 Å². The van der Waals surface area contributed by atoms with Gasteiger partial charge in [-0.05, 0) is 24.1 Å². The molecule has 1 aromatic carbocycles. The maximum absolute atomic E-state index is 5.14. The highest BCUT2D eigenvalue weighted by Crippen LogP contribution is 2.18. The Morgan fingerprint density at radius 3 is 2.65 bits per heavy atom. The molecule has 0 N–H and O–H groups in total. The molecule has 1 heterocycles. The van der Waals surface area contributed by atoms with E-state index in [1.165, 1.54) is 16.3 Å². The zero-order valence-corrected chi connectivity index (χ0v) is 11.1. The van der Waals surface area contributed by atoms with E-state index >= 15 is 0 Å². The fourth-order valence-electron chi connectivity index (χ4n) is 1.72. The molecule has 0 aliphatic rings. The van der Waals surface area contributed by atoms with Gasteiger partial charge < -0.3 is 4.74 Å². The number of benzene rings is 1. The molecule has 90 valence electrons. The summed E-state index contributed by atoms with van der Waals surface area (Å²) in [6, 6.07) is 8.19. The van der Waals surface area contributed by atoms with Gasteiger partial charge in [0, 0.05) is 11.8 Å². The number of ether oxygens (including phenoxy) is 1. The Morgan fingerprint density at radius 2 is 2.00 bits per heavy atom. The summed E-state index contributed by atoms with van der Waals surface area (Å²) in [5, 5.41) is 3.36. The molecule has 0 spiro atoms. The summed E-state index contributed by atoms with van der Waals surface area (Å²) >= 11 is 1.75. The van der Waals surface area contributed by atoms with Gasteiger partial charge in [-0.3, -0.25) is 0 Å². The van der Waals surface area contributed by atoms with Gasteiger partial charge in [0.15, 0.2) is 0 Å². The summed E-state index contributed by atoms with van der Waals surface area (Å²) in [4.78, 5) is 4.63. The zero-order valence-electron chi connectivity index (χ0n) is 10.3. The van der Waals surface area contributed by atoms with Crippen molar-refractivity contribution in [1.82, 2.24) is 4.98 Å². The van der Waals surface area contributed by atoms with Crippen molar-refractivity contribution in [1.29, 1.82) is 0 Å². The highest BCUT2D eigenvalue weighted by Gasteiger charge is 2.03. The van der Waals surface area contributed by atoms with E-state index in [0.29, 0.717) is 0 Å². The molecule has 0 unspecified atom stereocenters. The Hall–Kier alpha value is -1.35. The Bertz CT molecular complexity index is 461. The largest absolute Gasteiger partial charge is 0.497 e. The predicted octanol–water partition coefficient (Wildman–Crippen LogP) is 3.70. The molecule has 0 aliphatic carbocycles. The van der Waals surface area contributed by atoms with Crippen LogP contribution in [0.1, 0.15) is 29.6 Å². The van der Waals surface area contributed by atoms with Gasteiger partial charge in [0.05, 0.1) is 17.8 Å². The number of hydrogen-bond acceptors (Lipinski definition) is 3. The lowest BCUT2D eigenvalue weighted by molar-refractivity contribution is 0.414. The first kappa shape index (κ1) is 12.1. The Morgan fingerprint density at radius 1 is 1.24 bits per heavy atom. The minimum atomic E-state index is 0.902. The van der Waals surface area contributed by atoms with Crippen molar-refractivity contribution in [2.75, 3.05) is 7.11 Å². The average molecular weight is 247 g/mol. The van der Waals surface area contributed by atoms with Gasteiger partial charge in [0.1, 0.15) is 5.75 Å². The first-order valence-corrected chi connectivity index (χ1v) is 6.76. The summed E-state index contributed by atoms with van der Waals surface area (Å²) in [5.74, 6) is 0.902. The number of nitrogens with zero attached hydrogens (tertiary/aromatic N) is 1. The van der Waals surface area contributed by atoms with Crippen LogP contribution in [0.3, 0.4) is 0 Å². The van der Waals surface area contributed by atoms with Crippen molar-refractivity contribution in [3.05, 3.63) is 45.9 Å². The molecule has 2 aromatic rings. The standard InChI is InChI=1S/C14H17NOS/c1-3-4-12-10-17-14(15-12)9-11-5-7-13(16-2)8-6-11/h5-8,10H,3-4,9H2,1-2H3. The van der Waals surface area contributed by atoms with Crippen LogP contribution in [0.5, 0.6) is 5.75 Å². The van der Waals surface area contributed by atoms with E-state index in [4.69, 9.17) is 4.74 Å². The topological polar surface area (TPSA) is 22.1 Å². The normalized spacial score (nSPS) is 10.5. The van der Waals surface area contributed by atoms with Crippen LogP contribution >= 0.6 is 11.3 Å². The summed E-state index contributed by atoms with van der Waals surface area (Å²) in [6.45, 7) is 2.18. The summed E-state index contributed by atoms with van der Waals surface area (Å²) in [5.41, 5.74) is 2.50. The van der Waals surface area contributed by atoms with Crippen molar-refractivity contribution < 1.29 is 4.74 Å². The predicted molar refractivity (Wildman–Crippen MR) is 71.9 cm³/mol. The zero-order chi connectivity index (χ0) is 12.1. The van der Waals surface area contributed by atoms with Crippen LogP contribution in [0.4, 0.5) is 0 Å². The Kier molecular flexibility index (Phi) is 4.15. The van der Waals surface area contributed by atoms with E-state index in [1.54, 1.807) is 18.4 Å². The van der Waals surface area contributed by atoms with Gasteiger partial charge in [-0.2, -0.15) is 0 Å². The third kappa shape index (κ3) is 3.30. The third-order valence-corrected chi connectivity index (χ3v) is 3.52. The molecular weight excluding hydrogens is 230 g/mol. The van der Waals surface area contributed by atoms with E-state index < -0.39 is 0 Å². The van der Waals surface area contributed by atoms with Crippen LogP contribution in [0.15, 0.2) is 29.6 Å². The van der Waals surface area contributed by atoms with Gasteiger partial charge in [0.25, 0.3) is 0 Å². The van der Waals surface area contributed by atoms with Crippen molar-refractivity contribution in [3.63, 3.8) is 0 Å². The second-order valence-corrected chi connectivity index (χ2v) is 4.95. The molecule has 0 amide bonds. The summed E-state index contributed by atoms with van der Waals surface area (Å²) in [6.07, 6.45) is 3.16. The van der Waals surface area contributed by atoms with E-state index in [2.05, 4.69) is 29.4 Å². The Labute approximate surface area is 106 Å². The maximum atomic E-state index is 5.14. The van der Waals surface area contributed by atoms with Gasteiger partial charge in [-0.1, -0.05) is 25.5 Å². The maximum Gasteiger partial charge on any atom is 0.118 e. The van der Waals surface area contributed by atoms with Gasteiger partial charge >= 0.3 is 0 Å². The van der Waals surface area contributed by atoms with Crippen molar-refractivity contribution >= 4 is 11.3 Å². The van der Waals surface area contributed by atoms with Crippen molar-refractivity contribution in [2.24, 2.45) is 0 Å². The van der Waals surface area contributed by atoms with E-state index in [-0.39, 0.29) is 0 Å². The molecule has 0 bridgehead atoms. The molecule has 1 aromatic heterocycles. The SMILES string of the molecule is CCCc1csc(Cc2ccc(OC)cc2)n1. The highest BCUT2D eigenvalue weighted by atomic mass is 32.1. The molecule has 2 rings (SSSR count). The molecule has 3 heteroatoms. The molecule has 17 heavy (non-hydrogen) atoms. The number of hydrogen-bond donors (Lipinski definition) is 0. The minimum absolute atomic E-state index is 0.902. The monoisotopic (exact) mass is 247 g/mol. The second-order valence-electron chi connectivity index (χ2n) is 4.01. The number of methoxy groups -OCH3 is 1. The highest BCUT2D eigenvalue weighted by molar-refractivity contribution is 7.09. The Balaban J connectivity index is 2.03. The van der Waals surface area contributed by atoms with E-state index in [0.717, 1.165) is 25.0 Å². The summed E-state index contributed by atoms with van der Waals surface area (Å²) in [7, 11) is 1.69. The molecule has 0 radical (unpaired) electrons. The fourth-order valence-corrected chi connectivity index (χ4v) is 2.58. The molecule has 0 atom stereocenters. The van der Waals surface area contributed by atoms with E-state index in [1.807, 2.05) is 12.1 Å². The van der Waals surface area contributed by atoms with Crippen molar-refractivity contribution in [2.45, 2.75) is 26.2 Å². The third-order valence-electron chi connectivity index (χ3n) is 2.62. The fraction of sp³-hybridized carbons (Fsp3) is 0.357. The van der Waals surface area contributed by atoms with Crippen LogP contribution in [-0.2, 0) is 12.8 Å². The molecule has 2 nitrogen and oxygen atoms in total. The smallest absolute Gasteiger partial charge is 0.118 e. The van der Waals surface area contributed by atoms with Gasteiger partial charge in [-0.25, -0.2) is 4.98 Å². The lowest BCUT2D eigenvalue weighted by Gasteiger charge is -2.01.